The van der Waals surface area contributed by atoms with Crippen LogP contribution in [0.25, 0.3) is 10.9 Å². The van der Waals surface area contributed by atoms with Crippen molar-refractivity contribution >= 4 is 16.8 Å². The van der Waals surface area contributed by atoms with Gasteiger partial charge < -0.3 is 20.5 Å². The van der Waals surface area contributed by atoms with E-state index in [1.54, 1.807) is 13.3 Å². The van der Waals surface area contributed by atoms with Crippen LogP contribution < -0.4 is 15.6 Å². The highest BCUT2D eigenvalue weighted by Gasteiger charge is 2.31. The van der Waals surface area contributed by atoms with Gasteiger partial charge in [0.25, 0.3) is 0 Å². The highest BCUT2D eigenvalue weighted by Crippen LogP contribution is 2.29. The molecule has 0 bridgehead atoms. The fraction of sp³-hybridized carbons (Fsp3) is 0.455. The number of pyridine rings is 1. The minimum absolute atomic E-state index is 0. The number of nitrogens with zero attached hydrogens (tertiary/aromatic N) is 3. The first-order valence-corrected chi connectivity index (χ1v) is 9.75. The summed E-state index contributed by atoms with van der Waals surface area (Å²) in [6.07, 6.45) is 10.2. The molecule has 1 aromatic carbocycles. The van der Waals surface area contributed by atoms with E-state index in [2.05, 4.69) is 15.8 Å². The average molecular weight is 396 g/mol. The van der Waals surface area contributed by atoms with E-state index in [9.17, 15) is 4.79 Å². The molecule has 2 aromatic rings. The zero-order valence-electron chi connectivity index (χ0n) is 16.8. The molecule has 2 fully saturated rings. The van der Waals surface area contributed by atoms with Crippen molar-refractivity contribution in [2.75, 3.05) is 33.3 Å². The summed E-state index contributed by atoms with van der Waals surface area (Å²) in [5.74, 6) is 4.45. The molecule has 0 spiro atoms. The summed E-state index contributed by atoms with van der Waals surface area (Å²) in [5.41, 5.74) is 0.844. The highest BCUT2D eigenvalue weighted by atomic mass is 16.5. The Morgan fingerprint density at radius 1 is 1.31 bits per heavy atom. The zero-order valence-corrected chi connectivity index (χ0v) is 16.8. The van der Waals surface area contributed by atoms with E-state index in [1.165, 1.54) is 0 Å². The lowest BCUT2D eigenvalue weighted by molar-refractivity contribution is -0.132. The van der Waals surface area contributed by atoms with Crippen LogP contribution in [0.15, 0.2) is 30.5 Å². The minimum Gasteiger partial charge on any atom is -0.497 e. The average Bonchev–Trinajstić information content (AvgIpc) is 3.37. The molecule has 0 radical (unpaired) electrons. The van der Waals surface area contributed by atoms with E-state index in [4.69, 9.17) is 15.9 Å². The molecular formula is C22H28N4O3. The van der Waals surface area contributed by atoms with Crippen molar-refractivity contribution in [1.82, 2.24) is 20.9 Å². The monoisotopic (exact) mass is 396 g/mol. The smallest absolute Gasteiger partial charge is 0.237 e. The maximum atomic E-state index is 12.6. The summed E-state index contributed by atoms with van der Waals surface area (Å²) < 4.78 is 11.5. The molecule has 29 heavy (non-hydrogen) atoms. The molecule has 1 aromatic heterocycles. The predicted octanol–water partition coefficient (Wildman–Crippen LogP) is 2.48. The molecule has 2 saturated heterocycles. The van der Waals surface area contributed by atoms with Gasteiger partial charge >= 0.3 is 0 Å². The van der Waals surface area contributed by atoms with Crippen LogP contribution in [-0.4, -0.2) is 66.1 Å². The van der Waals surface area contributed by atoms with Gasteiger partial charge in [-0.05, 0) is 37.5 Å². The van der Waals surface area contributed by atoms with E-state index < -0.39 is 0 Å². The van der Waals surface area contributed by atoms with Crippen molar-refractivity contribution in [2.45, 2.75) is 31.4 Å². The summed E-state index contributed by atoms with van der Waals surface area (Å²) in [6.45, 7) is 2.77. The Balaban J connectivity index is 0.00000240. The zero-order chi connectivity index (χ0) is 19.5. The summed E-state index contributed by atoms with van der Waals surface area (Å²) in [7, 11) is 1.64. The van der Waals surface area contributed by atoms with Gasteiger partial charge in [-0.3, -0.25) is 14.7 Å². The quantitative estimate of drug-likeness (QED) is 0.781. The number of ether oxygens (including phenoxy) is 2. The van der Waals surface area contributed by atoms with E-state index >= 15 is 0 Å². The van der Waals surface area contributed by atoms with E-state index in [-0.39, 0.29) is 24.2 Å². The van der Waals surface area contributed by atoms with Gasteiger partial charge in [-0.15, -0.1) is 6.42 Å². The second-order valence-electron chi connectivity index (χ2n) is 7.37. The number of hydrogen-bond donors (Lipinski definition) is 1. The number of fused-ring (bicyclic) bond motifs is 1. The number of amides is 1. The molecule has 7 heteroatoms. The van der Waals surface area contributed by atoms with E-state index in [1.807, 2.05) is 29.2 Å². The molecule has 154 valence electrons. The third kappa shape index (κ3) is 4.44. The Morgan fingerprint density at radius 3 is 2.97 bits per heavy atom. The number of terminal acetylenes is 1. The van der Waals surface area contributed by atoms with Crippen molar-refractivity contribution in [2.24, 2.45) is 0 Å². The number of carbonyl (C=O) groups is 1. The Hall–Kier alpha value is -2.82. The van der Waals surface area contributed by atoms with Gasteiger partial charge in [0.15, 0.2) is 0 Å². The van der Waals surface area contributed by atoms with Gasteiger partial charge in [0.2, 0.25) is 5.91 Å². The largest absolute Gasteiger partial charge is 0.497 e. The molecule has 0 unspecified atom stereocenters. The number of hydrogen-bond acceptors (Lipinski definition) is 6. The van der Waals surface area contributed by atoms with Gasteiger partial charge in [-0.2, -0.15) is 0 Å². The lowest BCUT2D eigenvalue weighted by Crippen LogP contribution is -2.42. The number of aromatic nitrogens is 1. The Morgan fingerprint density at radius 2 is 2.17 bits per heavy atom. The van der Waals surface area contributed by atoms with Gasteiger partial charge in [-0.1, -0.05) is 5.92 Å². The Bertz CT molecular complexity index is 911. The second kappa shape index (κ2) is 9.12. The fourth-order valence-corrected chi connectivity index (χ4v) is 4.07. The van der Waals surface area contributed by atoms with E-state index in [0.717, 1.165) is 61.3 Å². The predicted molar refractivity (Wildman–Crippen MR) is 112 cm³/mol. The van der Waals surface area contributed by atoms with Crippen molar-refractivity contribution in [3.8, 4) is 23.8 Å². The summed E-state index contributed by atoms with van der Waals surface area (Å²) in [4.78, 5) is 21.0. The molecule has 2 aliphatic rings. The lowest BCUT2D eigenvalue weighted by Gasteiger charge is -2.24. The normalized spacial score (nSPS) is 21.6. The summed E-state index contributed by atoms with van der Waals surface area (Å²) >= 11 is 0. The Labute approximate surface area is 171 Å². The summed E-state index contributed by atoms with van der Waals surface area (Å²) in [6, 6.07) is 7.64. The first kappa shape index (κ1) is 20.9. The van der Waals surface area contributed by atoms with Gasteiger partial charge in [0.1, 0.15) is 17.6 Å². The van der Waals surface area contributed by atoms with Crippen LogP contribution in [0.1, 0.15) is 19.3 Å². The second-order valence-corrected chi connectivity index (χ2v) is 7.37. The minimum atomic E-state index is -0.0395. The molecule has 1 amide bonds. The lowest BCUT2D eigenvalue weighted by atomic mass is 10.2. The molecule has 3 heterocycles. The van der Waals surface area contributed by atoms with Crippen LogP contribution >= 0.6 is 0 Å². The van der Waals surface area contributed by atoms with E-state index in [0.29, 0.717) is 6.54 Å². The Kier molecular flexibility index (Phi) is 6.57. The van der Waals surface area contributed by atoms with Crippen molar-refractivity contribution in [1.29, 1.82) is 0 Å². The molecule has 2 aliphatic heterocycles. The molecule has 7 nitrogen and oxygen atoms in total. The molecule has 2 atom stereocenters. The number of methoxy groups -OCH3 is 1. The maximum Gasteiger partial charge on any atom is 0.237 e. The first-order chi connectivity index (χ1) is 13.7. The van der Waals surface area contributed by atoms with Crippen LogP contribution in [0.4, 0.5) is 0 Å². The van der Waals surface area contributed by atoms with Crippen molar-refractivity contribution in [3.05, 3.63) is 30.5 Å². The van der Waals surface area contributed by atoms with Gasteiger partial charge in [0, 0.05) is 37.3 Å². The summed E-state index contributed by atoms with van der Waals surface area (Å²) in [5, 5.41) is 0.965. The molecule has 0 aliphatic carbocycles. The highest BCUT2D eigenvalue weighted by molar-refractivity contribution is 5.86. The standard InChI is InChI=1S/C22H25N3O3.H3N/c1-3-16-5-4-11-25(16)22(26)15-24-12-9-18(14-24)28-21-8-10-23-20-13-17(27-2)6-7-19(20)21;/h1,6-8,10,13,16,18H,4-5,9,11-12,14-15H2,2H3;1H3/t16-,18+;/m1./s1. The number of benzene rings is 1. The van der Waals surface area contributed by atoms with Crippen LogP contribution in [0, 0.1) is 12.3 Å². The van der Waals surface area contributed by atoms with Crippen LogP contribution in [0.3, 0.4) is 0 Å². The van der Waals surface area contributed by atoms with Crippen molar-refractivity contribution in [3.63, 3.8) is 0 Å². The fourth-order valence-electron chi connectivity index (χ4n) is 4.07. The number of rotatable bonds is 5. The number of likely N-dealkylation sites (tertiary alicyclic amines) is 2. The molecule has 3 N–H and O–H groups in total. The third-order valence-corrected chi connectivity index (χ3v) is 5.56. The topological polar surface area (TPSA) is 89.9 Å². The first-order valence-electron chi connectivity index (χ1n) is 9.75. The molecular weight excluding hydrogens is 368 g/mol. The van der Waals surface area contributed by atoms with Crippen molar-refractivity contribution < 1.29 is 14.3 Å². The van der Waals surface area contributed by atoms with Gasteiger partial charge in [0.05, 0.1) is 25.2 Å². The molecule has 0 saturated carbocycles. The van der Waals surface area contributed by atoms with Crippen LogP contribution in [0.2, 0.25) is 0 Å². The molecule has 4 rings (SSSR count). The van der Waals surface area contributed by atoms with Gasteiger partial charge in [-0.25, -0.2) is 0 Å². The SMILES string of the molecule is C#C[C@@H]1CCCN1C(=O)CN1CC[C@H](Oc2ccnc3cc(OC)ccc23)C1.N. The third-order valence-electron chi connectivity index (χ3n) is 5.56. The number of carbonyl (C=O) groups excluding carboxylic acids is 1. The maximum absolute atomic E-state index is 12.6. The van der Waals surface area contributed by atoms with Crippen LogP contribution in [-0.2, 0) is 4.79 Å². The van der Waals surface area contributed by atoms with Crippen LogP contribution in [0.5, 0.6) is 11.5 Å².